The molecule has 0 radical (unpaired) electrons. The molecule has 1 aliphatic carbocycles. The molecule has 12 nitrogen and oxygen atoms in total. The molecule has 39 heavy (non-hydrogen) atoms. The van der Waals surface area contributed by atoms with Crippen LogP contribution in [0.2, 0.25) is 0 Å². The van der Waals surface area contributed by atoms with E-state index in [9.17, 15) is 9.59 Å². The Bertz CT molecular complexity index is 1630. The van der Waals surface area contributed by atoms with Gasteiger partial charge in [0.15, 0.2) is 0 Å². The molecule has 4 N–H and O–H groups in total. The number of nitrogens with one attached hydrogen (secondary N) is 4. The third-order valence-electron chi connectivity index (χ3n) is 7.08. The van der Waals surface area contributed by atoms with Crippen LogP contribution in [0.15, 0.2) is 53.8 Å². The van der Waals surface area contributed by atoms with Gasteiger partial charge in [0, 0.05) is 18.2 Å². The van der Waals surface area contributed by atoms with Crippen molar-refractivity contribution in [3.8, 4) is 5.75 Å². The lowest BCUT2D eigenvalue weighted by Gasteiger charge is -2.17. The number of fused-ring (bicyclic) bond motifs is 2. The average molecular weight is 526 g/mol. The fourth-order valence-corrected chi connectivity index (χ4v) is 5.10. The zero-order valence-corrected chi connectivity index (χ0v) is 21.5. The van der Waals surface area contributed by atoms with E-state index in [0.29, 0.717) is 12.4 Å². The summed E-state index contributed by atoms with van der Waals surface area (Å²) in [4.78, 5) is 39.3. The van der Waals surface area contributed by atoms with Crippen molar-refractivity contribution >= 4 is 23.4 Å². The van der Waals surface area contributed by atoms with Crippen LogP contribution in [0.3, 0.4) is 0 Å². The lowest BCUT2D eigenvalue weighted by Crippen LogP contribution is -2.31. The van der Waals surface area contributed by atoms with E-state index in [1.807, 2.05) is 36.4 Å². The molecule has 3 heterocycles. The minimum Gasteiger partial charge on any atom is -0.497 e. The molecule has 0 unspecified atom stereocenters. The van der Waals surface area contributed by atoms with Gasteiger partial charge in [0.25, 0.3) is 17.6 Å². The first-order chi connectivity index (χ1) is 19.0. The van der Waals surface area contributed by atoms with Crippen LogP contribution in [0.25, 0.3) is 5.78 Å². The number of amides is 2. The third kappa shape index (κ3) is 4.66. The van der Waals surface area contributed by atoms with Crippen LogP contribution in [0.1, 0.15) is 61.3 Å². The van der Waals surface area contributed by atoms with Crippen LogP contribution in [-0.2, 0) is 13.0 Å². The second-order valence-electron chi connectivity index (χ2n) is 9.37. The lowest BCUT2D eigenvalue weighted by atomic mass is 9.97. The highest BCUT2D eigenvalue weighted by molar-refractivity contribution is 6.01. The number of aromatic nitrogens is 4. The molecule has 0 saturated heterocycles. The van der Waals surface area contributed by atoms with Gasteiger partial charge in [-0.15, -0.1) is 0 Å². The number of carbonyl (C=O) groups excluding carboxylic acids is 2. The molecular formula is C27H27N9O3. The van der Waals surface area contributed by atoms with Gasteiger partial charge in [-0.1, -0.05) is 24.3 Å². The first kappa shape index (κ1) is 24.5. The maximum absolute atomic E-state index is 13.5. The number of nitrogens with zero attached hydrogens (tertiary/aromatic N) is 5. The molecule has 1 atom stereocenters. The Kier molecular flexibility index (Phi) is 6.37. The van der Waals surface area contributed by atoms with Gasteiger partial charge in [-0.3, -0.25) is 9.59 Å². The fraction of sp³-hybridized carbons (Fsp3) is 0.259. The molecule has 0 saturated carbocycles. The smallest absolute Gasteiger partial charge is 0.270 e. The van der Waals surface area contributed by atoms with Gasteiger partial charge in [-0.25, -0.2) is 15.4 Å². The number of amidine groups is 1. The van der Waals surface area contributed by atoms with Crippen LogP contribution < -0.4 is 26.2 Å². The largest absolute Gasteiger partial charge is 0.497 e. The summed E-state index contributed by atoms with van der Waals surface area (Å²) in [5.74, 6) is 0.903. The summed E-state index contributed by atoms with van der Waals surface area (Å²) in [7, 11) is 1.59. The van der Waals surface area contributed by atoms with Crippen molar-refractivity contribution in [2.24, 2.45) is 4.99 Å². The highest BCUT2D eigenvalue weighted by atomic mass is 16.5. The van der Waals surface area contributed by atoms with E-state index < -0.39 is 5.91 Å². The molecule has 0 bridgehead atoms. The Morgan fingerprint density at radius 1 is 1.18 bits per heavy atom. The topological polar surface area (TPSA) is 147 Å². The molecule has 2 aromatic carbocycles. The Balaban J connectivity index is 1.22. The lowest BCUT2D eigenvalue weighted by molar-refractivity contribution is 0.0929. The third-order valence-corrected chi connectivity index (χ3v) is 7.08. The predicted molar refractivity (Wildman–Crippen MR) is 142 cm³/mol. The molecule has 2 amide bonds. The minimum absolute atomic E-state index is 0.0781. The highest BCUT2D eigenvalue weighted by Crippen LogP contribution is 2.35. The molecule has 0 spiro atoms. The zero-order chi connectivity index (χ0) is 26.9. The Morgan fingerprint density at radius 2 is 2.08 bits per heavy atom. The van der Waals surface area contributed by atoms with Gasteiger partial charge in [0.05, 0.1) is 13.2 Å². The van der Waals surface area contributed by atoms with Crippen molar-refractivity contribution in [1.29, 1.82) is 0 Å². The molecule has 12 heteroatoms. The second kappa shape index (κ2) is 10.1. The van der Waals surface area contributed by atoms with Crippen LogP contribution in [0.5, 0.6) is 5.75 Å². The maximum Gasteiger partial charge on any atom is 0.270 e. The van der Waals surface area contributed by atoms with Crippen molar-refractivity contribution in [1.82, 2.24) is 41.1 Å². The van der Waals surface area contributed by atoms with E-state index in [-0.39, 0.29) is 35.7 Å². The summed E-state index contributed by atoms with van der Waals surface area (Å²) < 4.78 is 6.58. The number of hydrogen-bond donors (Lipinski definition) is 4. The highest BCUT2D eigenvalue weighted by Gasteiger charge is 2.29. The van der Waals surface area contributed by atoms with Crippen LogP contribution in [0, 0.1) is 6.92 Å². The van der Waals surface area contributed by atoms with Gasteiger partial charge in [-0.05, 0) is 54.2 Å². The van der Waals surface area contributed by atoms with Crippen molar-refractivity contribution in [3.63, 3.8) is 0 Å². The molecule has 1 aliphatic heterocycles. The average Bonchev–Trinajstić information content (AvgIpc) is 3.73. The second-order valence-corrected chi connectivity index (χ2v) is 9.37. The standard InChI is InChI=1S/C27H27N9O3/c1-15-18-8-9-21(20(18)7-6-19(15)24-29-13-31-35-24)33-26(38)23-11-22(34-27-30-14-32-36(23)27)25(37)28-12-16-4-3-5-17(10-16)39-2/h3-7,10-11,14,21,31H,8-9,12-13H2,1-2H3,(H,28,37)(H,29,35)(H,33,38)/t21-/m0/s1. The van der Waals surface area contributed by atoms with Gasteiger partial charge < -0.3 is 20.8 Å². The number of carbonyl (C=O) groups is 2. The van der Waals surface area contributed by atoms with Crippen LogP contribution in [-0.4, -0.2) is 51.0 Å². The summed E-state index contributed by atoms with van der Waals surface area (Å²) in [5.41, 5.74) is 11.7. The molecule has 2 aromatic heterocycles. The molecule has 0 fully saturated rings. The minimum atomic E-state index is -0.426. The zero-order valence-electron chi connectivity index (χ0n) is 21.5. The predicted octanol–water partition coefficient (Wildman–Crippen LogP) is 1.60. The number of aliphatic imine (C=N–C) groups is 1. The van der Waals surface area contributed by atoms with Gasteiger partial charge in [0.2, 0.25) is 0 Å². The Hall–Kier alpha value is -4.84. The molecule has 198 valence electrons. The number of benzene rings is 2. The van der Waals surface area contributed by atoms with Gasteiger partial charge in [0.1, 0.15) is 36.0 Å². The molecular weight excluding hydrogens is 498 g/mol. The summed E-state index contributed by atoms with van der Waals surface area (Å²) >= 11 is 0. The number of rotatable bonds is 7. The fourth-order valence-electron chi connectivity index (χ4n) is 5.10. The first-order valence-corrected chi connectivity index (χ1v) is 12.6. The Labute approximate surface area is 223 Å². The summed E-state index contributed by atoms with van der Waals surface area (Å²) in [6.45, 7) is 2.89. The van der Waals surface area contributed by atoms with Gasteiger partial charge >= 0.3 is 0 Å². The molecule has 4 aromatic rings. The van der Waals surface area contributed by atoms with Crippen LogP contribution >= 0.6 is 0 Å². The van der Waals surface area contributed by atoms with Crippen molar-refractivity contribution in [2.45, 2.75) is 32.4 Å². The normalized spacial score (nSPS) is 15.9. The summed E-state index contributed by atoms with van der Waals surface area (Å²) in [6.07, 6.45) is 2.91. The first-order valence-electron chi connectivity index (χ1n) is 12.6. The quantitative estimate of drug-likeness (QED) is 0.285. The Morgan fingerprint density at radius 3 is 2.90 bits per heavy atom. The van der Waals surface area contributed by atoms with Crippen molar-refractivity contribution in [3.05, 3.63) is 88.0 Å². The number of ether oxygens (including phenoxy) is 1. The monoisotopic (exact) mass is 525 g/mol. The van der Waals surface area contributed by atoms with Crippen molar-refractivity contribution < 1.29 is 14.3 Å². The summed E-state index contributed by atoms with van der Waals surface area (Å²) in [5, 5.41) is 10.1. The van der Waals surface area contributed by atoms with Crippen molar-refractivity contribution in [2.75, 3.05) is 13.8 Å². The van der Waals surface area contributed by atoms with E-state index >= 15 is 0 Å². The number of hydrazine groups is 1. The molecule has 2 aliphatic rings. The SMILES string of the molecule is COc1cccc(CNC(=O)c2cc(C(=O)N[C@H]3CCc4c3ccc(C3=NCNN3)c4C)n3ncnc3n2)c1. The molecule has 6 rings (SSSR count). The van der Waals surface area contributed by atoms with E-state index in [2.05, 4.69) is 48.5 Å². The maximum atomic E-state index is 13.5. The van der Waals surface area contributed by atoms with E-state index in [0.717, 1.165) is 40.9 Å². The van der Waals surface area contributed by atoms with Crippen LogP contribution in [0.4, 0.5) is 0 Å². The van der Waals surface area contributed by atoms with E-state index in [1.165, 1.54) is 22.5 Å². The number of methoxy groups -OCH3 is 1. The summed E-state index contributed by atoms with van der Waals surface area (Å²) in [6, 6.07) is 12.8. The van der Waals surface area contributed by atoms with E-state index in [4.69, 9.17) is 4.74 Å². The van der Waals surface area contributed by atoms with Gasteiger partial charge in [-0.2, -0.15) is 14.6 Å². The van der Waals surface area contributed by atoms with E-state index in [1.54, 1.807) is 7.11 Å². The number of hydrogen-bond acceptors (Lipinski definition) is 9.